The van der Waals surface area contributed by atoms with E-state index in [1.54, 1.807) is 0 Å². The molecular weight excluding hydrogens is 377 g/mol. The van der Waals surface area contributed by atoms with E-state index in [0.717, 1.165) is 32.1 Å². The van der Waals surface area contributed by atoms with Crippen LogP contribution in [0.3, 0.4) is 0 Å². The van der Waals surface area contributed by atoms with Crippen molar-refractivity contribution in [2.24, 2.45) is 16.3 Å². The lowest BCUT2D eigenvalue weighted by Gasteiger charge is -2.61. The summed E-state index contributed by atoms with van der Waals surface area (Å²) in [6, 6.07) is 0.540. The van der Waals surface area contributed by atoms with Crippen LogP contribution in [-0.4, -0.2) is 37.8 Å². The molecule has 2 saturated carbocycles. The first-order valence-electron chi connectivity index (χ1n) is 8.28. The third-order valence-corrected chi connectivity index (χ3v) is 4.71. The highest BCUT2D eigenvalue weighted by atomic mass is 127. The Bertz CT molecular complexity index is 342. The van der Waals surface area contributed by atoms with Gasteiger partial charge in [-0.15, -0.1) is 24.0 Å². The zero-order chi connectivity index (χ0) is 14.6. The minimum absolute atomic E-state index is 0. The molecule has 0 aromatic heterocycles. The van der Waals surface area contributed by atoms with Gasteiger partial charge >= 0.3 is 0 Å². The molecule has 0 aromatic rings. The highest BCUT2D eigenvalue weighted by molar-refractivity contribution is 14.0. The van der Waals surface area contributed by atoms with Gasteiger partial charge in [-0.2, -0.15) is 0 Å². The number of rotatable bonds is 6. The molecule has 2 aliphatic carbocycles. The minimum atomic E-state index is 0. The van der Waals surface area contributed by atoms with E-state index in [4.69, 9.17) is 4.74 Å². The summed E-state index contributed by atoms with van der Waals surface area (Å²) in [5, 5.41) is 7.02. The Balaban J connectivity index is 0.00000220. The van der Waals surface area contributed by atoms with Crippen molar-refractivity contribution in [3.05, 3.63) is 0 Å². The first-order valence-corrected chi connectivity index (χ1v) is 8.28. The Labute approximate surface area is 146 Å². The molecule has 0 radical (unpaired) electrons. The largest absolute Gasteiger partial charge is 0.378 e. The van der Waals surface area contributed by atoms with Crippen molar-refractivity contribution >= 4 is 29.9 Å². The van der Waals surface area contributed by atoms with Crippen molar-refractivity contribution in [1.29, 1.82) is 0 Å². The molecule has 2 N–H and O–H groups in total. The smallest absolute Gasteiger partial charge is 0.191 e. The van der Waals surface area contributed by atoms with Crippen LogP contribution in [0.5, 0.6) is 0 Å². The van der Waals surface area contributed by atoms with Gasteiger partial charge in [0.05, 0.1) is 6.10 Å². The maximum absolute atomic E-state index is 5.91. The molecule has 4 nitrogen and oxygen atoms in total. The lowest BCUT2D eigenvalue weighted by atomic mass is 9.51. The summed E-state index contributed by atoms with van der Waals surface area (Å²) >= 11 is 0. The summed E-state index contributed by atoms with van der Waals surface area (Å²) in [5.41, 5.74) is 0.393. The number of nitrogens with one attached hydrogen (secondary N) is 2. The van der Waals surface area contributed by atoms with E-state index in [-0.39, 0.29) is 24.0 Å². The van der Waals surface area contributed by atoms with E-state index >= 15 is 0 Å². The highest BCUT2D eigenvalue weighted by Gasteiger charge is 2.59. The van der Waals surface area contributed by atoms with Gasteiger partial charge in [-0.05, 0) is 39.0 Å². The summed E-state index contributed by atoms with van der Waals surface area (Å²) < 4.78 is 5.91. The van der Waals surface area contributed by atoms with Crippen molar-refractivity contribution in [3.8, 4) is 0 Å². The van der Waals surface area contributed by atoms with E-state index in [9.17, 15) is 0 Å². The van der Waals surface area contributed by atoms with Crippen molar-refractivity contribution in [3.63, 3.8) is 0 Å². The maximum atomic E-state index is 5.91. The van der Waals surface area contributed by atoms with E-state index < -0.39 is 0 Å². The molecule has 2 aliphatic rings. The molecule has 0 heterocycles. The van der Waals surface area contributed by atoms with E-state index in [1.807, 2.05) is 0 Å². The zero-order valence-electron chi connectivity index (χ0n) is 13.9. The van der Waals surface area contributed by atoms with E-state index in [1.165, 1.54) is 19.3 Å². The molecule has 0 aliphatic heterocycles. The standard InChI is InChI=1S/C16H31N3O.HI/c1-5-17-15(18-11-12(3)4)19-13-10-14(20-6-2)16(13)8-7-9-16;/h12-14H,5-11H2,1-4H3,(H2,17,18,19);1H. The number of halogens is 1. The van der Waals surface area contributed by atoms with Crippen LogP contribution in [0.2, 0.25) is 0 Å². The van der Waals surface area contributed by atoms with Gasteiger partial charge in [0.2, 0.25) is 0 Å². The van der Waals surface area contributed by atoms with E-state index in [0.29, 0.717) is 23.5 Å². The predicted octanol–water partition coefficient (Wildman–Crippen LogP) is 3.16. The summed E-state index contributed by atoms with van der Waals surface area (Å²) in [6.45, 7) is 11.3. The van der Waals surface area contributed by atoms with Gasteiger partial charge in [-0.3, -0.25) is 4.99 Å². The van der Waals surface area contributed by atoms with Crippen molar-refractivity contribution < 1.29 is 4.74 Å². The normalized spacial score (nSPS) is 26.8. The van der Waals surface area contributed by atoms with Gasteiger partial charge in [0.15, 0.2) is 5.96 Å². The second-order valence-corrected chi connectivity index (χ2v) is 6.58. The van der Waals surface area contributed by atoms with Gasteiger partial charge in [-0.1, -0.05) is 20.3 Å². The number of hydrogen-bond acceptors (Lipinski definition) is 2. The Morgan fingerprint density at radius 1 is 1.33 bits per heavy atom. The van der Waals surface area contributed by atoms with Crippen molar-refractivity contribution in [2.75, 3.05) is 19.7 Å². The number of guanidine groups is 1. The fraction of sp³-hybridized carbons (Fsp3) is 0.938. The third-order valence-electron chi connectivity index (χ3n) is 4.71. The number of ether oxygens (including phenoxy) is 1. The fourth-order valence-electron chi connectivity index (χ4n) is 3.40. The van der Waals surface area contributed by atoms with Crippen LogP contribution < -0.4 is 10.6 Å². The summed E-state index contributed by atoms with van der Waals surface area (Å²) in [4.78, 5) is 4.68. The van der Waals surface area contributed by atoms with Crippen LogP contribution in [-0.2, 0) is 4.74 Å². The molecule has 0 bridgehead atoms. The molecule has 21 heavy (non-hydrogen) atoms. The van der Waals surface area contributed by atoms with Crippen LogP contribution in [0, 0.1) is 11.3 Å². The molecule has 2 fully saturated rings. The molecule has 124 valence electrons. The van der Waals surface area contributed by atoms with Gasteiger partial charge in [0, 0.05) is 31.2 Å². The molecule has 2 unspecified atom stereocenters. The van der Waals surface area contributed by atoms with Gasteiger partial charge < -0.3 is 15.4 Å². The third kappa shape index (κ3) is 4.24. The summed E-state index contributed by atoms with van der Waals surface area (Å²) in [5.74, 6) is 1.58. The maximum Gasteiger partial charge on any atom is 0.191 e. The average molecular weight is 409 g/mol. The zero-order valence-corrected chi connectivity index (χ0v) is 16.3. The van der Waals surface area contributed by atoms with Crippen molar-refractivity contribution in [1.82, 2.24) is 10.6 Å². The molecule has 2 atom stereocenters. The van der Waals surface area contributed by atoms with E-state index in [2.05, 4.69) is 43.3 Å². The van der Waals surface area contributed by atoms with Crippen LogP contribution >= 0.6 is 24.0 Å². The predicted molar refractivity (Wildman–Crippen MR) is 99.5 cm³/mol. The molecule has 0 aromatic carbocycles. The molecule has 5 heteroatoms. The van der Waals surface area contributed by atoms with Crippen LogP contribution in [0.1, 0.15) is 53.4 Å². The van der Waals surface area contributed by atoms with Crippen molar-refractivity contribution in [2.45, 2.75) is 65.5 Å². The van der Waals surface area contributed by atoms with Gasteiger partial charge in [0.25, 0.3) is 0 Å². The number of hydrogen-bond donors (Lipinski definition) is 2. The second-order valence-electron chi connectivity index (χ2n) is 6.58. The Hall–Kier alpha value is -0.0400. The van der Waals surface area contributed by atoms with Crippen LogP contribution in [0.25, 0.3) is 0 Å². The quantitative estimate of drug-likeness (QED) is 0.403. The Morgan fingerprint density at radius 2 is 2.05 bits per heavy atom. The Kier molecular flexibility index (Phi) is 7.74. The minimum Gasteiger partial charge on any atom is -0.378 e. The van der Waals surface area contributed by atoms with Gasteiger partial charge in [-0.25, -0.2) is 0 Å². The summed E-state index contributed by atoms with van der Waals surface area (Å²) in [6.07, 6.45) is 5.55. The summed E-state index contributed by atoms with van der Waals surface area (Å²) in [7, 11) is 0. The highest BCUT2D eigenvalue weighted by Crippen LogP contribution is 2.57. The number of nitrogens with zero attached hydrogens (tertiary/aromatic N) is 1. The number of aliphatic imine (C=N–C) groups is 1. The van der Waals surface area contributed by atoms with Crippen LogP contribution in [0.15, 0.2) is 4.99 Å². The van der Waals surface area contributed by atoms with Gasteiger partial charge in [0.1, 0.15) is 0 Å². The molecule has 2 rings (SSSR count). The average Bonchev–Trinajstić information content (AvgIpc) is 2.32. The van der Waals surface area contributed by atoms with Crippen LogP contribution in [0.4, 0.5) is 0 Å². The fourth-order valence-corrected chi connectivity index (χ4v) is 3.40. The SMILES string of the molecule is CCNC(=NCC(C)C)NC1CC(OCC)C12CCC2.I. The first-order chi connectivity index (χ1) is 9.62. The molecule has 0 saturated heterocycles. The molecular formula is C16H32IN3O. The lowest BCUT2D eigenvalue weighted by molar-refractivity contribution is -0.168. The monoisotopic (exact) mass is 409 g/mol. The molecule has 0 amide bonds. The molecule has 1 spiro atoms. The second kappa shape index (κ2) is 8.56. The lowest BCUT2D eigenvalue weighted by Crippen LogP contribution is -2.68. The Morgan fingerprint density at radius 3 is 2.52 bits per heavy atom. The first kappa shape index (κ1) is 19.0. The topological polar surface area (TPSA) is 45.7 Å².